The number of nitrogens with zero attached hydrogens (tertiary/aromatic N) is 4. The number of para-hydroxylation sites is 1. The molecule has 0 spiro atoms. The number of nitro groups is 1. The third kappa shape index (κ3) is 3.04. The minimum Gasteiger partial charge on any atom is -0.457 e. The highest BCUT2D eigenvalue weighted by molar-refractivity contribution is 5.54. The first-order valence-corrected chi connectivity index (χ1v) is 5.68. The van der Waals surface area contributed by atoms with Crippen molar-refractivity contribution < 1.29 is 9.66 Å². The van der Waals surface area contributed by atoms with Crippen molar-refractivity contribution in [1.29, 1.82) is 0 Å². The molecule has 0 aromatic heterocycles. The van der Waals surface area contributed by atoms with Crippen molar-refractivity contribution in [1.82, 2.24) is 0 Å². The smallest absolute Gasteiger partial charge is 0.273 e. The Balaban J connectivity index is 2.43. The molecule has 0 saturated carbocycles. The number of nitro benzene ring substituents is 1. The molecule has 0 N–H and O–H groups in total. The van der Waals surface area contributed by atoms with Crippen LogP contribution >= 0.6 is 0 Å². The molecule has 20 heavy (non-hydrogen) atoms. The number of rotatable bonds is 4. The van der Waals surface area contributed by atoms with Gasteiger partial charge in [0.05, 0.1) is 11.0 Å². The molecule has 0 heterocycles. The van der Waals surface area contributed by atoms with Crippen LogP contribution in [0.1, 0.15) is 5.56 Å². The van der Waals surface area contributed by atoms with E-state index in [2.05, 4.69) is 10.0 Å². The second-order valence-electron chi connectivity index (χ2n) is 4.00. The number of aryl methyl sites for hydroxylation is 1. The van der Waals surface area contributed by atoms with Crippen LogP contribution < -0.4 is 4.74 Å². The van der Waals surface area contributed by atoms with Gasteiger partial charge in [-0.05, 0) is 30.2 Å². The van der Waals surface area contributed by atoms with Crippen LogP contribution in [0.4, 0.5) is 11.4 Å². The van der Waals surface area contributed by atoms with Gasteiger partial charge < -0.3 is 4.74 Å². The van der Waals surface area contributed by atoms with Crippen LogP contribution in [-0.2, 0) is 0 Å². The van der Waals surface area contributed by atoms with Gasteiger partial charge in [0.1, 0.15) is 11.5 Å². The minimum absolute atomic E-state index is 0.130. The molecule has 7 heteroatoms. The fraction of sp³-hybridized carbons (Fsp3) is 0.0769. The van der Waals surface area contributed by atoms with E-state index < -0.39 is 4.92 Å². The second-order valence-corrected chi connectivity index (χ2v) is 4.00. The fourth-order valence-electron chi connectivity index (χ4n) is 1.64. The third-order valence-electron chi connectivity index (χ3n) is 2.57. The predicted molar refractivity (Wildman–Crippen MR) is 73.2 cm³/mol. The fourth-order valence-corrected chi connectivity index (χ4v) is 1.64. The van der Waals surface area contributed by atoms with Gasteiger partial charge in [-0.15, -0.1) is 0 Å². The molecule has 0 bridgehead atoms. The Labute approximate surface area is 114 Å². The van der Waals surface area contributed by atoms with E-state index in [9.17, 15) is 10.1 Å². The summed E-state index contributed by atoms with van der Waals surface area (Å²) in [6.07, 6.45) is 0. The van der Waals surface area contributed by atoms with E-state index in [-0.39, 0.29) is 17.1 Å². The van der Waals surface area contributed by atoms with Crippen molar-refractivity contribution in [3.8, 4) is 11.5 Å². The molecule has 0 aliphatic rings. The summed E-state index contributed by atoms with van der Waals surface area (Å²) in [5.74, 6) is 0.829. The van der Waals surface area contributed by atoms with Crippen molar-refractivity contribution in [3.05, 3.63) is 68.6 Å². The van der Waals surface area contributed by atoms with Crippen LogP contribution in [0.2, 0.25) is 0 Å². The monoisotopic (exact) mass is 270 g/mol. The number of azide groups is 1. The first-order valence-electron chi connectivity index (χ1n) is 5.68. The van der Waals surface area contributed by atoms with Crippen molar-refractivity contribution in [3.63, 3.8) is 0 Å². The summed E-state index contributed by atoms with van der Waals surface area (Å²) in [5.41, 5.74) is 9.25. The molecule has 2 aromatic rings. The number of ether oxygens (including phenoxy) is 1. The zero-order valence-electron chi connectivity index (χ0n) is 10.6. The van der Waals surface area contributed by atoms with E-state index in [0.29, 0.717) is 5.75 Å². The lowest BCUT2D eigenvalue weighted by atomic mass is 10.2. The highest BCUT2D eigenvalue weighted by Gasteiger charge is 2.11. The van der Waals surface area contributed by atoms with Crippen LogP contribution in [0.3, 0.4) is 0 Å². The average molecular weight is 270 g/mol. The van der Waals surface area contributed by atoms with Gasteiger partial charge >= 0.3 is 0 Å². The second kappa shape index (κ2) is 5.73. The lowest BCUT2D eigenvalue weighted by molar-refractivity contribution is -0.384. The van der Waals surface area contributed by atoms with Gasteiger partial charge in [-0.3, -0.25) is 10.1 Å². The van der Waals surface area contributed by atoms with E-state index in [1.807, 2.05) is 19.1 Å². The topological polar surface area (TPSA) is 101 Å². The Morgan fingerprint density at radius 3 is 2.70 bits per heavy atom. The zero-order chi connectivity index (χ0) is 14.5. The predicted octanol–water partition coefficient (Wildman–Crippen LogP) is 4.64. The Bertz CT molecular complexity index is 688. The summed E-state index contributed by atoms with van der Waals surface area (Å²) in [6, 6.07) is 11.2. The van der Waals surface area contributed by atoms with Crippen molar-refractivity contribution in [2.75, 3.05) is 0 Å². The molecule has 2 rings (SSSR count). The average Bonchev–Trinajstić information content (AvgIpc) is 2.41. The van der Waals surface area contributed by atoms with Crippen molar-refractivity contribution >= 4 is 11.4 Å². The number of benzene rings is 2. The maximum absolute atomic E-state index is 10.8. The first-order chi connectivity index (χ1) is 9.60. The summed E-state index contributed by atoms with van der Waals surface area (Å²) in [7, 11) is 0. The highest BCUT2D eigenvalue weighted by atomic mass is 16.6. The Kier molecular flexibility index (Phi) is 3.83. The number of hydrogen-bond donors (Lipinski definition) is 0. The minimum atomic E-state index is -0.568. The molecule has 7 nitrogen and oxygen atoms in total. The first kappa shape index (κ1) is 13.4. The molecule has 0 radical (unpaired) electrons. The summed E-state index contributed by atoms with van der Waals surface area (Å²) < 4.78 is 5.60. The molecule has 0 saturated heterocycles. The van der Waals surface area contributed by atoms with Crippen LogP contribution in [0, 0.1) is 17.0 Å². The summed E-state index contributed by atoms with van der Waals surface area (Å²) in [4.78, 5) is 12.9. The van der Waals surface area contributed by atoms with Gasteiger partial charge in [0.25, 0.3) is 5.69 Å². The summed E-state index contributed by atoms with van der Waals surface area (Å²) >= 11 is 0. The lowest BCUT2D eigenvalue weighted by Crippen LogP contribution is -1.91. The SMILES string of the molecule is Cc1ccccc1Oc1cc(N=[N+]=[N-])cc([N+](=O)[O-])c1. The Morgan fingerprint density at radius 2 is 2.05 bits per heavy atom. The Hall–Kier alpha value is -3.05. The number of non-ortho nitro benzene ring substituents is 1. The highest BCUT2D eigenvalue weighted by Crippen LogP contribution is 2.32. The number of hydrogen-bond acceptors (Lipinski definition) is 4. The van der Waals surface area contributed by atoms with Crippen LogP contribution in [-0.4, -0.2) is 4.92 Å². The summed E-state index contributed by atoms with van der Waals surface area (Å²) in [5, 5.41) is 14.2. The van der Waals surface area contributed by atoms with Gasteiger partial charge in [0.2, 0.25) is 0 Å². The summed E-state index contributed by atoms with van der Waals surface area (Å²) in [6.45, 7) is 1.86. The van der Waals surface area contributed by atoms with E-state index in [0.717, 1.165) is 5.56 Å². The molecule has 100 valence electrons. The van der Waals surface area contributed by atoms with E-state index >= 15 is 0 Å². The van der Waals surface area contributed by atoms with Gasteiger partial charge in [-0.2, -0.15) is 0 Å². The normalized spacial score (nSPS) is 9.65. The van der Waals surface area contributed by atoms with Crippen LogP contribution in [0.5, 0.6) is 11.5 Å². The molecule has 0 aliphatic heterocycles. The molecular formula is C13H10N4O3. The van der Waals surface area contributed by atoms with Crippen molar-refractivity contribution in [2.45, 2.75) is 6.92 Å². The van der Waals surface area contributed by atoms with E-state index in [1.165, 1.54) is 18.2 Å². The van der Waals surface area contributed by atoms with Crippen LogP contribution in [0.15, 0.2) is 47.6 Å². The standard InChI is InChI=1S/C13H10N4O3/c1-9-4-2-3-5-13(9)20-12-7-10(15-16-14)6-11(8-12)17(18)19/h2-8H,1H3. The lowest BCUT2D eigenvalue weighted by Gasteiger charge is -2.08. The van der Waals surface area contributed by atoms with Gasteiger partial charge in [0, 0.05) is 16.7 Å². The molecule has 0 fully saturated rings. The van der Waals surface area contributed by atoms with Crippen molar-refractivity contribution in [2.24, 2.45) is 5.11 Å². The molecule has 0 atom stereocenters. The van der Waals surface area contributed by atoms with Crippen LogP contribution in [0.25, 0.3) is 10.4 Å². The molecule has 0 amide bonds. The van der Waals surface area contributed by atoms with Gasteiger partial charge in [-0.25, -0.2) is 0 Å². The van der Waals surface area contributed by atoms with Gasteiger partial charge in [0.15, 0.2) is 0 Å². The largest absolute Gasteiger partial charge is 0.457 e. The maximum Gasteiger partial charge on any atom is 0.273 e. The van der Waals surface area contributed by atoms with Gasteiger partial charge in [-0.1, -0.05) is 23.3 Å². The molecule has 2 aromatic carbocycles. The third-order valence-corrected chi connectivity index (χ3v) is 2.57. The maximum atomic E-state index is 10.8. The quantitative estimate of drug-likeness (QED) is 0.266. The van der Waals surface area contributed by atoms with E-state index in [1.54, 1.807) is 12.1 Å². The Morgan fingerprint density at radius 1 is 1.30 bits per heavy atom. The zero-order valence-corrected chi connectivity index (χ0v) is 10.6. The molecule has 0 aliphatic carbocycles. The molecular weight excluding hydrogens is 260 g/mol. The van der Waals surface area contributed by atoms with E-state index in [4.69, 9.17) is 10.3 Å². The molecule has 0 unspecified atom stereocenters.